The van der Waals surface area contributed by atoms with Crippen LogP contribution < -0.4 is 0 Å². The Labute approximate surface area is 124 Å². The molecule has 2 aromatic rings. The number of nitrogens with zero attached hydrogens (tertiary/aromatic N) is 2. The molecule has 20 heavy (non-hydrogen) atoms. The average Bonchev–Trinajstić information content (AvgIpc) is 2.97. The lowest BCUT2D eigenvalue weighted by Crippen LogP contribution is -2.33. The Hall–Kier alpha value is -1.24. The first-order chi connectivity index (χ1) is 9.62. The lowest BCUT2D eigenvalue weighted by molar-refractivity contribution is 0.411. The second kappa shape index (κ2) is 6.97. The predicted molar refractivity (Wildman–Crippen MR) is 82.1 cm³/mol. The minimum absolute atomic E-state index is 0.123. The zero-order chi connectivity index (χ0) is 14.4. The summed E-state index contributed by atoms with van der Waals surface area (Å²) in [7, 11) is -3.20. The highest BCUT2D eigenvalue weighted by Gasteiger charge is 2.20. The summed E-state index contributed by atoms with van der Waals surface area (Å²) >= 11 is 1.66. The van der Waals surface area contributed by atoms with E-state index in [1.807, 2.05) is 29.6 Å². The maximum atomic E-state index is 12.2. The van der Waals surface area contributed by atoms with Gasteiger partial charge in [0, 0.05) is 30.4 Å². The van der Waals surface area contributed by atoms with Crippen molar-refractivity contribution in [1.82, 2.24) is 9.29 Å². The molecular formula is C14H18N2O2S2. The molecular weight excluding hydrogens is 292 g/mol. The molecule has 4 nitrogen and oxygen atoms in total. The Kier molecular flexibility index (Phi) is 5.28. The molecule has 6 heteroatoms. The first kappa shape index (κ1) is 15.2. The molecule has 0 radical (unpaired) electrons. The van der Waals surface area contributed by atoms with Crippen LogP contribution in [0.1, 0.15) is 17.4 Å². The van der Waals surface area contributed by atoms with Gasteiger partial charge in [-0.2, -0.15) is 4.31 Å². The van der Waals surface area contributed by atoms with E-state index < -0.39 is 10.0 Å². The number of aromatic nitrogens is 1. The van der Waals surface area contributed by atoms with Gasteiger partial charge in [-0.3, -0.25) is 4.98 Å². The Bertz CT molecular complexity index is 610. The summed E-state index contributed by atoms with van der Waals surface area (Å²) in [5, 5.41) is 2.01. The van der Waals surface area contributed by atoms with E-state index in [0.29, 0.717) is 13.1 Å². The van der Waals surface area contributed by atoms with Crippen molar-refractivity contribution in [3.63, 3.8) is 0 Å². The molecule has 0 aliphatic rings. The molecule has 0 saturated carbocycles. The molecule has 0 aliphatic heterocycles. The SMILES string of the molecule is CCS(=O)(=O)N(CCc1cccs1)Cc1cccnc1. The maximum Gasteiger partial charge on any atom is 0.214 e. The summed E-state index contributed by atoms with van der Waals surface area (Å²) in [6.45, 7) is 2.57. The van der Waals surface area contributed by atoms with E-state index in [2.05, 4.69) is 4.98 Å². The van der Waals surface area contributed by atoms with E-state index in [-0.39, 0.29) is 5.75 Å². The average molecular weight is 310 g/mol. The van der Waals surface area contributed by atoms with E-state index in [9.17, 15) is 8.42 Å². The molecule has 0 bridgehead atoms. The van der Waals surface area contributed by atoms with Gasteiger partial charge in [0.2, 0.25) is 10.0 Å². The van der Waals surface area contributed by atoms with E-state index >= 15 is 0 Å². The Balaban J connectivity index is 2.09. The number of rotatable bonds is 7. The van der Waals surface area contributed by atoms with Crippen molar-refractivity contribution >= 4 is 21.4 Å². The zero-order valence-corrected chi connectivity index (χ0v) is 13.0. The second-order valence-electron chi connectivity index (χ2n) is 4.42. The molecule has 2 heterocycles. The van der Waals surface area contributed by atoms with Crippen molar-refractivity contribution in [3.8, 4) is 0 Å². The summed E-state index contributed by atoms with van der Waals surface area (Å²) in [6.07, 6.45) is 4.15. The van der Waals surface area contributed by atoms with Crippen molar-refractivity contribution in [2.75, 3.05) is 12.3 Å². The van der Waals surface area contributed by atoms with Gasteiger partial charge in [-0.05, 0) is 36.4 Å². The third-order valence-electron chi connectivity index (χ3n) is 3.03. The third kappa shape index (κ3) is 4.13. The minimum Gasteiger partial charge on any atom is -0.264 e. The molecule has 0 fully saturated rings. The van der Waals surface area contributed by atoms with E-state index in [1.54, 1.807) is 35.0 Å². The molecule has 0 saturated heterocycles. The van der Waals surface area contributed by atoms with Crippen molar-refractivity contribution in [3.05, 3.63) is 52.5 Å². The monoisotopic (exact) mass is 310 g/mol. The topological polar surface area (TPSA) is 50.3 Å². The fraction of sp³-hybridized carbons (Fsp3) is 0.357. The highest BCUT2D eigenvalue weighted by Crippen LogP contribution is 2.14. The van der Waals surface area contributed by atoms with Crippen LogP contribution in [-0.4, -0.2) is 30.0 Å². The minimum atomic E-state index is -3.20. The van der Waals surface area contributed by atoms with Crippen LogP contribution in [-0.2, 0) is 23.0 Å². The third-order valence-corrected chi connectivity index (χ3v) is 5.79. The highest BCUT2D eigenvalue weighted by atomic mass is 32.2. The van der Waals surface area contributed by atoms with Crippen LogP contribution in [0.3, 0.4) is 0 Å². The van der Waals surface area contributed by atoms with Crippen LogP contribution in [0.15, 0.2) is 42.0 Å². The van der Waals surface area contributed by atoms with Gasteiger partial charge in [0.25, 0.3) is 0 Å². The van der Waals surface area contributed by atoms with Gasteiger partial charge in [0.1, 0.15) is 0 Å². The van der Waals surface area contributed by atoms with Gasteiger partial charge in [0.15, 0.2) is 0 Å². The molecule has 2 aromatic heterocycles. The summed E-state index contributed by atoms with van der Waals surface area (Å²) in [6, 6.07) is 7.74. The highest BCUT2D eigenvalue weighted by molar-refractivity contribution is 7.89. The van der Waals surface area contributed by atoms with Crippen molar-refractivity contribution < 1.29 is 8.42 Å². The Morgan fingerprint density at radius 3 is 2.75 bits per heavy atom. The second-order valence-corrected chi connectivity index (χ2v) is 7.71. The van der Waals surface area contributed by atoms with Gasteiger partial charge >= 0.3 is 0 Å². The summed E-state index contributed by atoms with van der Waals surface area (Å²) in [5.74, 6) is 0.123. The summed E-state index contributed by atoms with van der Waals surface area (Å²) in [5.41, 5.74) is 0.913. The van der Waals surface area contributed by atoms with Gasteiger partial charge < -0.3 is 0 Å². The number of hydrogen-bond acceptors (Lipinski definition) is 4. The van der Waals surface area contributed by atoms with Crippen LogP contribution in [0, 0.1) is 0 Å². The standard InChI is InChI=1S/C14H18N2O2S2/c1-2-20(17,18)16(9-7-14-6-4-10-19-14)12-13-5-3-8-15-11-13/h3-6,8,10-11H,2,7,9,12H2,1H3. The molecule has 0 N–H and O–H groups in total. The van der Waals surface area contributed by atoms with Gasteiger partial charge in [0.05, 0.1) is 5.75 Å². The fourth-order valence-corrected chi connectivity index (χ4v) is 3.66. The van der Waals surface area contributed by atoms with Gasteiger partial charge in [-0.25, -0.2) is 8.42 Å². The first-order valence-corrected chi connectivity index (χ1v) is 9.00. The number of thiophene rings is 1. The van der Waals surface area contributed by atoms with Crippen LogP contribution >= 0.6 is 11.3 Å². The van der Waals surface area contributed by atoms with Crippen molar-refractivity contribution in [2.45, 2.75) is 19.9 Å². The van der Waals surface area contributed by atoms with Crippen LogP contribution in [0.2, 0.25) is 0 Å². The Morgan fingerprint density at radius 1 is 1.30 bits per heavy atom. The quantitative estimate of drug-likeness (QED) is 0.789. The van der Waals surface area contributed by atoms with Crippen molar-refractivity contribution in [1.29, 1.82) is 0 Å². The van der Waals surface area contributed by atoms with Crippen LogP contribution in [0.4, 0.5) is 0 Å². The van der Waals surface area contributed by atoms with Crippen LogP contribution in [0.25, 0.3) is 0 Å². The first-order valence-electron chi connectivity index (χ1n) is 6.51. The Morgan fingerprint density at radius 2 is 2.15 bits per heavy atom. The lowest BCUT2D eigenvalue weighted by atomic mass is 10.3. The normalized spacial score (nSPS) is 11.9. The molecule has 0 unspecified atom stereocenters. The lowest BCUT2D eigenvalue weighted by Gasteiger charge is -2.21. The summed E-state index contributed by atoms with van der Waals surface area (Å²) < 4.78 is 25.9. The molecule has 108 valence electrons. The zero-order valence-electron chi connectivity index (χ0n) is 11.4. The maximum absolute atomic E-state index is 12.2. The van der Waals surface area contributed by atoms with E-state index in [4.69, 9.17) is 0 Å². The molecule has 0 aliphatic carbocycles. The van der Waals surface area contributed by atoms with E-state index in [1.165, 1.54) is 4.88 Å². The smallest absolute Gasteiger partial charge is 0.214 e. The molecule has 0 aromatic carbocycles. The fourth-order valence-electron chi connectivity index (χ4n) is 1.88. The number of pyridine rings is 1. The summed E-state index contributed by atoms with van der Waals surface area (Å²) in [4.78, 5) is 5.24. The van der Waals surface area contributed by atoms with Gasteiger partial charge in [-0.1, -0.05) is 12.1 Å². The number of hydrogen-bond donors (Lipinski definition) is 0. The van der Waals surface area contributed by atoms with Crippen LogP contribution in [0.5, 0.6) is 0 Å². The molecule has 0 atom stereocenters. The van der Waals surface area contributed by atoms with E-state index in [0.717, 1.165) is 12.0 Å². The van der Waals surface area contributed by atoms with Crippen molar-refractivity contribution in [2.24, 2.45) is 0 Å². The molecule has 0 amide bonds. The predicted octanol–water partition coefficient (Wildman–Crippen LogP) is 2.54. The largest absolute Gasteiger partial charge is 0.264 e. The molecule has 2 rings (SSSR count). The number of sulfonamides is 1. The van der Waals surface area contributed by atoms with Gasteiger partial charge in [-0.15, -0.1) is 11.3 Å². The molecule has 0 spiro atoms.